The molecule has 5 nitrogen and oxygen atoms in total. The van der Waals surface area contributed by atoms with E-state index in [0.717, 1.165) is 0 Å². The molecular weight excluding hydrogens is 217 g/mol. The zero-order chi connectivity index (χ0) is 11.6. The van der Waals surface area contributed by atoms with Crippen molar-refractivity contribution in [2.75, 3.05) is 13.1 Å². The van der Waals surface area contributed by atoms with Crippen LogP contribution in [0.15, 0.2) is 0 Å². The maximum absolute atomic E-state index is 12.0. The molecule has 1 atom stereocenters. The summed E-state index contributed by atoms with van der Waals surface area (Å²) in [5, 5.41) is 10.4. The van der Waals surface area contributed by atoms with Crippen LogP contribution in [-0.2, 0) is 4.79 Å². The fourth-order valence-corrected chi connectivity index (χ4v) is 1.42. The smallest absolute Gasteiger partial charge is 0.465 e. The SMILES string of the molecule is O=C(O)N[C@@H]1CCN(C(=O)C(F)(F)F)C1. The van der Waals surface area contributed by atoms with Crippen molar-refractivity contribution in [1.29, 1.82) is 0 Å². The quantitative estimate of drug-likeness (QED) is 0.680. The number of hydrogen-bond donors (Lipinski definition) is 2. The number of carboxylic acid groups (broad SMARTS) is 1. The molecule has 8 heteroatoms. The molecular formula is C7H9F3N2O3. The summed E-state index contributed by atoms with van der Waals surface area (Å²) in [5.41, 5.74) is 0. The number of carbonyl (C=O) groups excluding carboxylic acids is 1. The minimum atomic E-state index is -4.89. The number of halogens is 3. The second-order valence-electron chi connectivity index (χ2n) is 3.18. The Morgan fingerprint density at radius 1 is 1.40 bits per heavy atom. The molecule has 0 spiro atoms. The van der Waals surface area contributed by atoms with Crippen LogP contribution in [0.4, 0.5) is 18.0 Å². The highest BCUT2D eigenvalue weighted by Gasteiger charge is 2.44. The molecule has 1 saturated heterocycles. The Morgan fingerprint density at radius 3 is 2.47 bits per heavy atom. The topological polar surface area (TPSA) is 69.6 Å². The van der Waals surface area contributed by atoms with Crippen LogP contribution in [-0.4, -0.2) is 47.3 Å². The molecule has 1 fully saturated rings. The predicted molar refractivity (Wildman–Crippen MR) is 42.2 cm³/mol. The summed E-state index contributed by atoms with van der Waals surface area (Å²) < 4.78 is 35.9. The van der Waals surface area contributed by atoms with Gasteiger partial charge in [-0.25, -0.2) is 4.79 Å². The van der Waals surface area contributed by atoms with Gasteiger partial charge in [0, 0.05) is 13.1 Å². The van der Waals surface area contributed by atoms with Gasteiger partial charge in [-0.3, -0.25) is 4.79 Å². The summed E-state index contributed by atoms with van der Waals surface area (Å²) in [5.74, 6) is -1.92. The van der Waals surface area contributed by atoms with Gasteiger partial charge in [-0.2, -0.15) is 13.2 Å². The Bertz CT molecular complexity index is 279. The van der Waals surface area contributed by atoms with Crippen LogP contribution in [0.1, 0.15) is 6.42 Å². The van der Waals surface area contributed by atoms with E-state index in [2.05, 4.69) is 0 Å². The number of nitrogens with one attached hydrogen (secondary N) is 1. The van der Waals surface area contributed by atoms with Crippen LogP contribution in [0.5, 0.6) is 0 Å². The Balaban J connectivity index is 2.50. The van der Waals surface area contributed by atoms with E-state index in [4.69, 9.17) is 5.11 Å². The summed E-state index contributed by atoms with van der Waals surface area (Å²) in [6.45, 7) is -0.312. The van der Waals surface area contributed by atoms with Gasteiger partial charge in [0.1, 0.15) is 0 Å². The van der Waals surface area contributed by atoms with Crippen molar-refractivity contribution in [3.63, 3.8) is 0 Å². The second kappa shape index (κ2) is 3.95. The van der Waals surface area contributed by atoms with Gasteiger partial charge in [-0.1, -0.05) is 0 Å². The fourth-order valence-electron chi connectivity index (χ4n) is 1.42. The van der Waals surface area contributed by atoms with Gasteiger partial charge in [-0.15, -0.1) is 0 Å². The van der Waals surface area contributed by atoms with Crippen molar-refractivity contribution in [2.24, 2.45) is 0 Å². The van der Waals surface area contributed by atoms with Crippen LogP contribution in [0.25, 0.3) is 0 Å². The highest BCUT2D eigenvalue weighted by atomic mass is 19.4. The first kappa shape index (κ1) is 11.6. The van der Waals surface area contributed by atoms with Gasteiger partial charge >= 0.3 is 18.2 Å². The molecule has 15 heavy (non-hydrogen) atoms. The lowest BCUT2D eigenvalue weighted by Crippen LogP contribution is -2.42. The van der Waals surface area contributed by atoms with E-state index in [1.165, 1.54) is 0 Å². The second-order valence-corrected chi connectivity index (χ2v) is 3.18. The summed E-state index contributed by atoms with van der Waals surface area (Å²) in [6.07, 6.45) is -5.99. The monoisotopic (exact) mass is 226 g/mol. The van der Waals surface area contributed by atoms with Crippen molar-refractivity contribution in [3.05, 3.63) is 0 Å². The van der Waals surface area contributed by atoms with E-state index in [1.54, 1.807) is 0 Å². The lowest BCUT2D eigenvalue weighted by atomic mass is 10.3. The van der Waals surface area contributed by atoms with E-state index < -0.39 is 24.2 Å². The molecule has 2 amide bonds. The highest BCUT2D eigenvalue weighted by Crippen LogP contribution is 2.21. The standard InChI is InChI=1S/C7H9F3N2O3/c8-7(9,10)5(13)12-2-1-4(3-12)11-6(14)15/h4,11H,1-3H2,(H,14,15)/t4-/m1/s1. The third-order valence-corrected chi connectivity index (χ3v) is 2.05. The van der Waals surface area contributed by atoms with E-state index in [9.17, 15) is 22.8 Å². The van der Waals surface area contributed by atoms with Gasteiger partial charge in [0.2, 0.25) is 0 Å². The van der Waals surface area contributed by atoms with Crippen molar-refractivity contribution >= 4 is 12.0 Å². The summed E-state index contributed by atoms with van der Waals surface area (Å²) in [4.78, 5) is 21.5. The fraction of sp³-hybridized carbons (Fsp3) is 0.714. The molecule has 1 rings (SSSR count). The van der Waals surface area contributed by atoms with Crippen LogP contribution in [0.3, 0.4) is 0 Å². The molecule has 0 unspecified atom stereocenters. The van der Waals surface area contributed by atoms with Crippen molar-refractivity contribution in [3.8, 4) is 0 Å². The molecule has 0 aromatic heterocycles. The Hall–Kier alpha value is -1.47. The molecule has 0 aromatic rings. The molecule has 0 saturated carbocycles. The molecule has 1 aliphatic rings. The lowest BCUT2D eigenvalue weighted by Gasteiger charge is -2.17. The first-order chi connectivity index (χ1) is 6.80. The minimum Gasteiger partial charge on any atom is -0.465 e. The van der Waals surface area contributed by atoms with E-state index in [0.29, 0.717) is 4.90 Å². The lowest BCUT2D eigenvalue weighted by molar-refractivity contribution is -0.184. The largest absolute Gasteiger partial charge is 0.471 e. The zero-order valence-electron chi connectivity index (χ0n) is 7.54. The molecule has 1 heterocycles. The zero-order valence-corrected chi connectivity index (χ0v) is 7.54. The molecule has 0 aliphatic carbocycles. The van der Waals surface area contributed by atoms with Crippen molar-refractivity contribution < 1.29 is 27.9 Å². The number of likely N-dealkylation sites (tertiary alicyclic amines) is 1. The number of alkyl halides is 3. The minimum absolute atomic E-state index is 0.0801. The number of nitrogens with zero attached hydrogens (tertiary/aromatic N) is 1. The third-order valence-electron chi connectivity index (χ3n) is 2.05. The maximum Gasteiger partial charge on any atom is 0.471 e. The number of rotatable bonds is 1. The van der Waals surface area contributed by atoms with Crippen molar-refractivity contribution in [1.82, 2.24) is 10.2 Å². The number of hydrogen-bond acceptors (Lipinski definition) is 2. The van der Waals surface area contributed by atoms with Gasteiger partial charge < -0.3 is 15.3 Å². The Kier molecular flexibility index (Phi) is 3.06. The number of carbonyl (C=O) groups is 2. The molecule has 0 aromatic carbocycles. The molecule has 1 aliphatic heterocycles. The predicted octanol–water partition coefficient (Wildman–Crippen LogP) is 0.417. The van der Waals surface area contributed by atoms with Crippen LogP contribution >= 0.6 is 0 Å². The average Bonchev–Trinajstić information content (AvgIpc) is 2.48. The Morgan fingerprint density at radius 2 is 2.00 bits per heavy atom. The van der Waals surface area contributed by atoms with Crippen LogP contribution < -0.4 is 5.32 Å². The van der Waals surface area contributed by atoms with Gasteiger partial charge in [-0.05, 0) is 6.42 Å². The Labute approximate surface area is 82.8 Å². The van der Waals surface area contributed by atoms with Gasteiger partial charge in [0.25, 0.3) is 0 Å². The van der Waals surface area contributed by atoms with E-state index in [1.807, 2.05) is 5.32 Å². The summed E-state index contributed by atoms with van der Waals surface area (Å²) in [6, 6.07) is -0.617. The van der Waals surface area contributed by atoms with Crippen LogP contribution in [0.2, 0.25) is 0 Å². The van der Waals surface area contributed by atoms with Gasteiger partial charge in [0.15, 0.2) is 0 Å². The maximum atomic E-state index is 12.0. The third kappa shape index (κ3) is 3.00. The molecule has 2 N–H and O–H groups in total. The first-order valence-corrected chi connectivity index (χ1v) is 4.16. The van der Waals surface area contributed by atoms with Gasteiger partial charge in [0.05, 0.1) is 6.04 Å². The number of amides is 2. The van der Waals surface area contributed by atoms with E-state index >= 15 is 0 Å². The molecule has 0 bridgehead atoms. The van der Waals surface area contributed by atoms with E-state index in [-0.39, 0.29) is 19.5 Å². The summed E-state index contributed by atoms with van der Waals surface area (Å²) >= 11 is 0. The normalized spacial score (nSPS) is 21.5. The average molecular weight is 226 g/mol. The van der Waals surface area contributed by atoms with Crippen molar-refractivity contribution in [2.45, 2.75) is 18.6 Å². The molecule has 86 valence electrons. The highest BCUT2D eigenvalue weighted by molar-refractivity contribution is 5.82. The van der Waals surface area contributed by atoms with Crippen LogP contribution in [0, 0.1) is 0 Å². The first-order valence-electron chi connectivity index (χ1n) is 4.16. The molecule has 0 radical (unpaired) electrons. The summed E-state index contributed by atoms with van der Waals surface area (Å²) in [7, 11) is 0.